The Morgan fingerprint density at radius 2 is 2.07 bits per heavy atom. The molecule has 0 bridgehead atoms. The van der Waals surface area contributed by atoms with Crippen LogP contribution in [0.25, 0.3) is 10.1 Å². The summed E-state index contributed by atoms with van der Waals surface area (Å²) in [6.07, 6.45) is 1.11. The van der Waals surface area contributed by atoms with Gasteiger partial charge in [-0.15, -0.1) is 11.3 Å². The number of hydrogen-bond acceptors (Lipinski definition) is 1. The molecule has 1 heterocycles. The zero-order valence-corrected chi connectivity index (χ0v) is 11.4. The Bertz CT molecular complexity index is 457. The van der Waals surface area contributed by atoms with E-state index in [-0.39, 0.29) is 0 Å². The van der Waals surface area contributed by atoms with Gasteiger partial charge >= 0.3 is 0 Å². The lowest BCUT2D eigenvalue weighted by Gasteiger charge is -1.98. The Labute approximate surface area is 103 Å². The van der Waals surface area contributed by atoms with Crippen LogP contribution in [0.4, 0.5) is 0 Å². The third-order valence-corrected chi connectivity index (χ3v) is 4.08. The Balaban J connectivity index is 2.37. The number of thiophene rings is 1. The van der Waals surface area contributed by atoms with Crippen LogP contribution in [0, 0.1) is 5.92 Å². The Morgan fingerprint density at radius 3 is 2.73 bits per heavy atom. The van der Waals surface area contributed by atoms with Gasteiger partial charge in [-0.2, -0.15) is 0 Å². The number of halogens is 1. The maximum absolute atomic E-state index is 3.49. The molecule has 0 fully saturated rings. The van der Waals surface area contributed by atoms with Crippen molar-refractivity contribution >= 4 is 37.4 Å². The zero-order chi connectivity index (χ0) is 10.8. The van der Waals surface area contributed by atoms with Gasteiger partial charge in [-0.05, 0) is 41.5 Å². The first-order valence-corrected chi connectivity index (χ1v) is 6.99. The molecule has 0 aliphatic heterocycles. The molecule has 2 rings (SSSR count). The van der Waals surface area contributed by atoms with Crippen molar-refractivity contribution in [1.82, 2.24) is 0 Å². The Kier molecular flexibility index (Phi) is 3.47. The molecule has 0 nitrogen and oxygen atoms in total. The molecular formula is C13H14BrS. The van der Waals surface area contributed by atoms with E-state index >= 15 is 0 Å². The van der Waals surface area contributed by atoms with Gasteiger partial charge in [0.05, 0.1) is 0 Å². The fourth-order valence-corrected chi connectivity index (χ4v) is 3.22. The van der Waals surface area contributed by atoms with Crippen LogP contribution >= 0.6 is 27.3 Å². The fourth-order valence-electron chi connectivity index (χ4n) is 1.67. The average Bonchev–Trinajstić information content (AvgIpc) is 2.57. The molecule has 1 radical (unpaired) electrons. The molecule has 0 amide bonds. The van der Waals surface area contributed by atoms with Crippen molar-refractivity contribution < 1.29 is 0 Å². The van der Waals surface area contributed by atoms with Gasteiger partial charge in [-0.3, -0.25) is 0 Å². The summed E-state index contributed by atoms with van der Waals surface area (Å²) in [5.74, 6) is 1.47. The molecule has 2 aromatic rings. The maximum atomic E-state index is 3.49. The van der Waals surface area contributed by atoms with Crippen molar-refractivity contribution in [2.45, 2.75) is 25.6 Å². The van der Waals surface area contributed by atoms with E-state index in [0.717, 1.165) is 11.8 Å². The predicted octanol–water partition coefficient (Wildman–Crippen LogP) is 4.95. The van der Waals surface area contributed by atoms with Crippen molar-refractivity contribution in [2.24, 2.45) is 0 Å². The summed E-state index contributed by atoms with van der Waals surface area (Å²) in [6, 6.07) is 9.01. The number of benzene rings is 1. The molecule has 0 atom stereocenters. The molecule has 2 heteroatoms. The molecule has 0 spiro atoms. The normalized spacial score (nSPS) is 11.5. The molecule has 0 unspecified atom stereocenters. The molecule has 15 heavy (non-hydrogen) atoms. The van der Waals surface area contributed by atoms with E-state index in [2.05, 4.69) is 54.0 Å². The van der Waals surface area contributed by atoms with Crippen molar-refractivity contribution in [2.75, 3.05) is 0 Å². The van der Waals surface area contributed by atoms with E-state index < -0.39 is 0 Å². The van der Waals surface area contributed by atoms with Gasteiger partial charge in [0.2, 0.25) is 0 Å². The van der Waals surface area contributed by atoms with E-state index in [1.165, 1.54) is 26.4 Å². The van der Waals surface area contributed by atoms with Gasteiger partial charge in [0.15, 0.2) is 0 Å². The Hall–Kier alpha value is -0.340. The van der Waals surface area contributed by atoms with Crippen LogP contribution in [0.15, 0.2) is 24.3 Å². The number of hydrogen-bond donors (Lipinski definition) is 0. The SMILES string of the molecule is C[C](C)Cc1cc2cc(CBr)ccc2s1. The van der Waals surface area contributed by atoms with E-state index in [1.54, 1.807) is 0 Å². The van der Waals surface area contributed by atoms with Crippen molar-refractivity contribution in [3.63, 3.8) is 0 Å². The third kappa shape index (κ3) is 2.61. The highest BCUT2D eigenvalue weighted by Gasteiger charge is 2.04. The van der Waals surface area contributed by atoms with Crippen LogP contribution in [0.3, 0.4) is 0 Å². The molecule has 0 aliphatic carbocycles. The largest absolute Gasteiger partial charge is 0.140 e. The monoisotopic (exact) mass is 281 g/mol. The van der Waals surface area contributed by atoms with E-state index in [0.29, 0.717) is 0 Å². The topological polar surface area (TPSA) is 0 Å². The maximum Gasteiger partial charge on any atom is 0.0345 e. The lowest BCUT2D eigenvalue weighted by molar-refractivity contribution is 0.975. The summed E-state index contributed by atoms with van der Waals surface area (Å²) in [6.45, 7) is 4.38. The van der Waals surface area contributed by atoms with Crippen LogP contribution in [-0.2, 0) is 11.8 Å². The second-order valence-electron chi connectivity index (χ2n) is 4.10. The lowest BCUT2D eigenvalue weighted by atomic mass is 10.1. The molecule has 79 valence electrons. The summed E-state index contributed by atoms with van der Waals surface area (Å²) < 4.78 is 1.40. The summed E-state index contributed by atoms with van der Waals surface area (Å²) in [7, 11) is 0. The average molecular weight is 282 g/mol. The van der Waals surface area contributed by atoms with Crippen molar-refractivity contribution in [1.29, 1.82) is 0 Å². The van der Waals surface area contributed by atoms with Crippen LogP contribution < -0.4 is 0 Å². The highest BCUT2D eigenvalue weighted by atomic mass is 79.9. The van der Waals surface area contributed by atoms with Crippen LogP contribution in [0.1, 0.15) is 24.3 Å². The summed E-state index contributed by atoms with van der Waals surface area (Å²) in [5.41, 5.74) is 1.35. The molecule has 1 aromatic carbocycles. The molecule has 0 N–H and O–H groups in total. The Morgan fingerprint density at radius 1 is 1.27 bits per heavy atom. The first kappa shape index (κ1) is 11.2. The van der Waals surface area contributed by atoms with E-state index in [9.17, 15) is 0 Å². The molecule has 0 saturated carbocycles. The molecular weight excluding hydrogens is 268 g/mol. The van der Waals surface area contributed by atoms with E-state index in [4.69, 9.17) is 0 Å². The minimum Gasteiger partial charge on any atom is -0.140 e. The summed E-state index contributed by atoms with van der Waals surface area (Å²) in [5, 5.41) is 2.32. The van der Waals surface area contributed by atoms with Crippen LogP contribution in [0.2, 0.25) is 0 Å². The number of alkyl halides is 1. The molecule has 0 saturated heterocycles. The predicted molar refractivity (Wildman–Crippen MR) is 72.8 cm³/mol. The van der Waals surface area contributed by atoms with Gasteiger partial charge in [-0.1, -0.05) is 35.8 Å². The highest BCUT2D eigenvalue weighted by Crippen LogP contribution is 2.28. The second-order valence-corrected chi connectivity index (χ2v) is 5.83. The number of fused-ring (bicyclic) bond motifs is 1. The van der Waals surface area contributed by atoms with Gasteiger partial charge in [0.1, 0.15) is 0 Å². The van der Waals surface area contributed by atoms with E-state index in [1.807, 2.05) is 11.3 Å². The van der Waals surface area contributed by atoms with Crippen LogP contribution in [0.5, 0.6) is 0 Å². The smallest absolute Gasteiger partial charge is 0.0345 e. The molecule has 0 aliphatic rings. The van der Waals surface area contributed by atoms with Gasteiger partial charge in [-0.25, -0.2) is 0 Å². The minimum atomic E-state index is 0.938. The van der Waals surface area contributed by atoms with Crippen LogP contribution in [-0.4, -0.2) is 0 Å². The van der Waals surface area contributed by atoms with Crippen molar-refractivity contribution in [3.8, 4) is 0 Å². The van der Waals surface area contributed by atoms with Gasteiger partial charge < -0.3 is 0 Å². The fraction of sp³-hybridized carbons (Fsp3) is 0.308. The zero-order valence-electron chi connectivity index (χ0n) is 9.01. The summed E-state index contributed by atoms with van der Waals surface area (Å²) >= 11 is 5.40. The van der Waals surface area contributed by atoms with Gasteiger partial charge in [0, 0.05) is 14.9 Å². The quantitative estimate of drug-likeness (QED) is 0.698. The minimum absolute atomic E-state index is 0.938. The summed E-state index contributed by atoms with van der Waals surface area (Å²) in [4.78, 5) is 1.47. The first-order chi connectivity index (χ1) is 7.19. The van der Waals surface area contributed by atoms with Gasteiger partial charge in [0.25, 0.3) is 0 Å². The highest BCUT2D eigenvalue weighted by molar-refractivity contribution is 9.08. The number of rotatable bonds is 3. The third-order valence-electron chi connectivity index (χ3n) is 2.31. The van der Waals surface area contributed by atoms with Crippen molar-refractivity contribution in [3.05, 3.63) is 40.6 Å². The standard InChI is InChI=1S/C13H14BrS/c1-9(2)5-12-7-11-6-10(8-14)3-4-13(11)15-12/h3-4,6-7H,5,8H2,1-2H3. The first-order valence-electron chi connectivity index (χ1n) is 5.05. The molecule has 1 aromatic heterocycles. The lowest BCUT2D eigenvalue weighted by Crippen LogP contribution is -1.86. The second kappa shape index (κ2) is 4.67.